The van der Waals surface area contributed by atoms with Crippen molar-refractivity contribution in [1.82, 2.24) is 9.61 Å². The molecule has 0 radical (unpaired) electrons. The van der Waals surface area contributed by atoms with E-state index in [1.807, 2.05) is 0 Å². The van der Waals surface area contributed by atoms with E-state index in [0.717, 1.165) is 0 Å². The lowest BCUT2D eigenvalue weighted by molar-refractivity contribution is 0.0528. The number of rotatable bonds is 2. The van der Waals surface area contributed by atoms with Gasteiger partial charge in [0.1, 0.15) is 10.2 Å². The van der Waals surface area contributed by atoms with Crippen LogP contribution in [0.25, 0.3) is 5.52 Å². The van der Waals surface area contributed by atoms with Crippen LogP contribution in [0.1, 0.15) is 17.3 Å². The number of hydrogen-bond acceptors (Lipinski definition) is 3. The molecule has 4 nitrogen and oxygen atoms in total. The molecule has 0 fully saturated rings. The van der Waals surface area contributed by atoms with Crippen LogP contribution in [0.15, 0.2) is 22.9 Å². The zero-order valence-electron chi connectivity index (χ0n) is 8.41. The molecule has 0 saturated carbocycles. The third kappa shape index (κ3) is 1.69. The Kier molecular flexibility index (Phi) is 2.91. The van der Waals surface area contributed by atoms with E-state index in [4.69, 9.17) is 4.74 Å². The van der Waals surface area contributed by atoms with E-state index in [0.29, 0.717) is 17.7 Å². The Hall–Kier alpha value is -1.43. The zero-order valence-corrected chi connectivity index (χ0v) is 9.99. The summed E-state index contributed by atoms with van der Waals surface area (Å²) in [6, 6.07) is 2.75. The van der Waals surface area contributed by atoms with Crippen molar-refractivity contribution in [2.24, 2.45) is 0 Å². The van der Waals surface area contributed by atoms with E-state index >= 15 is 0 Å². The number of carbonyl (C=O) groups excluding carboxylic acids is 1. The first kappa shape index (κ1) is 11.1. The number of fused-ring (bicyclic) bond motifs is 1. The summed E-state index contributed by atoms with van der Waals surface area (Å²) in [5, 5.41) is 3.91. The first-order chi connectivity index (χ1) is 7.65. The standard InChI is InChI=1S/C10H8BrFN2O2/c1-2-16-10(15)6-5-13-14-8(6)4-3-7(12)9(14)11/h3-5H,2H2,1H3. The van der Waals surface area contributed by atoms with Crippen LogP contribution in [-0.2, 0) is 4.74 Å². The predicted octanol–water partition coefficient (Wildman–Crippen LogP) is 2.41. The molecule has 2 aromatic heterocycles. The van der Waals surface area contributed by atoms with Gasteiger partial charge in [0.25, 0.3) is 0 Å². The van der Waals surface area contributed by atoms with E-state index in [2.05, 4.69) is 21.0 Å². The molecule has 0 bridgehead atoms. The van der Waals surface area contributed by atoms with Gasteiger partial charge in [-0.1, -0.05) is 0 Å². The Balaban J connectivity index is 2.58. The second kappa shape index (κ2) is 4.21. The van der Waals surface area contributed by atoms with Crippen LogP contribution in [0.4, 0.5) is 4.39 Å². The van der Waals surface area contributed by atoms with E-state index in [-0.39, 0.29) is 4.60 Å². The maximum atomic E-state index is 13.2. The molecule has 0 saturated heterocycles. The number of ether oxygens (including phenoxy) is 1. The van der Waals surface area contributed by atoms with Crippen molar-refractivity contribution in [3.63, 3.8) is 0 Å². The van der Waals surface area contributed by atoms with Crippen LogP contribution >= 0.6 is 15.9 Å². The topological polar surface area (TPSA) is 43.6 Å². The van der Waals surface area contributed by atoms with Gasteiger partial charge in [0, 0.05) is 0 Å². The third-order valence-electron chi connectivity index (χ3n) is 2.07. The largest absolute Gasteiger partial charge is 0.462 e. The van der Waals surface area contributed by atoms with Gasteiger partial charge < -0.3 is 4.74 Å². The average molecular weight is 287 g/mol. The number of esters is 1. The fourth-order valence-electron chi connectivity index (χ4n) is 1.36. The van der Waals surface area contributed by atoms with Crippen LogP contribution in [0, 0.1) is 5.82 Å². The van der Waals surface area contributed by atoms with Crippen molar-refractivity contribution in [3.05, 3.63) is 34.3 Å². The monoisotopic (exact) mass is 286 g/mol. The summed E-state index contributed by atoms with van der Waals surface area (Å²) < 4.78 is 19.5. The lowest BCUT2D eigenvalue weighted by Gasteiger charge is -2.01. The fraction of sp³-hybridized carbons (Fsp3) is 0.200. The van der Waals surface area contributed by atoms with E-state index in [1.165, 1.54) is 22.8 Å². The minimum absolute atomic E-state index is 0.181. The summed E-state index contributed by atoms with van der Waals surface area (Å²) in [4.78, 5) is 11.5. The van der Waals surface area contributed by atoms with Gasteiger partial charge >= 0.3 is 5.97 Å². The molecule has 0 aliphatic rings. The molecule has 0 unspecified atom stereocenters. The van der Waals surface area contributed by atoms with Gasteiger partial charge in [-0.3, -0.25) is 0 Å². The SMILES string of the molecule is CCOC(=O)c1cnn2c(Br)c(F)ccc12. The highest BCUT2D eigenvalue weighted by Gasteiger charge is 2.16. The number of aromatic nitrogens is 2. The second-order valence-electron chi connectivity index (χ2n) is 3.05. The van der Waals surface area contributed by atoms with Crippen LogP contribution in [0.2, 0.25) is 0 Å². The molecule has 2 aromatic rings. The molecule has 0 spiro atoms. The lowest BCUT2D eigenvalue weighted by Crippen LogP contribution is -2.04. The van der Waals surface area contributed by atoms with Gasteiger partial charge in [0.05, 0.1) is 18.3 Å². The zero-order chi connectivity index (χ0) is 11.7. The van der Waals surface area contributed by atoms with Gasteiger partial charge in [-0.15, -0.1) is 0 Å². The predicted molar refractivity (Wildman–Crippen MR) is 58.8 cm³/mol. The Morgan fingerprint density at radius 1 is 1.62 bits per heavy atom. The Morgan fingerprint density at radius 2 is 2.38 bits per heavy atom. The number of hydrogen-bond donors (Lipinski definition) is 0. The van der Waals surface area contributed by atoms with Gasteiger partial charge in [0.2, 0.25) is 0 Å². The number of nitrogens with zero attached hydrogens (tertiary/aromatic N) is 2. The first-order valence-corrected chi connectivity index (χ1v) is 5.43. The molecule has 0 aromatic carbocycles. The van der Waals surface area contributed by atoms with Crippen molar-refractivity contribution < 1.29 is 13.9 Å². The summed E-state index contributed by atoms with van der Waals surface area (Å²) in [6.45, 7) is 2.01. The van der Waals surface area contributed by atoms with Crippen molar-refractivity contribution in [2.75, 3.05) is 6.61 Å². The highest BCUT2D eigenvalue weighted by molar-refractivity contribution is 9.10. The summed E-state index contributed by atoms with van der Waals surface area (Å²) >= 11 is 3.06. The van der Waals surface area contributed by atoms with Gasteiger partial charge in [0.15, 0.2) is 5.82 Å². The molecule has 84 valence electrons. The summed E-state index contributed by atoms with van der Waals surface area (Å²) in [6.07, 6.45) is 1.36. The number of pyridine rings is 1. The highest BCUT2D eigenvalue weighted by Crippen LogP contribution is 2.20. The lowest BCUT2D eigenvalue weighted by atomic mass is 10.2. The maximum absolute atomic E-state index is 13.2. The molecule has 0 N–H and O–H groups in total. The average Bonchev–Trinajstić information content (AvgIpc) is 2.68. The molecule has 6 heteroatoms. The Labute approximate surface area is 99.1 Å². The van der Waals surface area contributed by atoms with Gasteiger partial charge in [-0.05, 0) is 35.0 Å². The second-order valence-corrected chi connectivity index (χ2v) is 3.80. The fourth-order valence-corrected chi connectivity index (χ4v) is 1.78. The maximum Gasteiger partial charge on any atom is 0.341 e. The molecule has 0 amide bonds. The third-order valence-corrected chi connectivity index (χ3v) is 2.79. The minimum Gasteiger partial charge on any atom is -0.462 e. The molecule has 16 heavy (non-hydrogen) atoms. The quantitative estimate of drug-likeness (QED) is 0.629. The highest BCUT2D eigenvalue weighted by atomic mass is 79.9. The Bertz CT molecular complexity index is 553. The van der Waals surface area contributed by atoms with E-state index in [1.54, 1.807) is 6.92 Å². The summed E-state index contributed by atoms with van der Waals surface area (Å²) in [7, 11) is 0. The molecule has 0 aliphatic heterocycles. The summed E-state index contributed by atoms with van der Waals surface area (Å²) in [5.41, 5.74) is 0.828. The van der Waals surface area contributed by atoms with E-state index < -0.39 is 11.8 Å². The Morgan fingerprint density at radius 3 is 3.06 bits per heavy atom. The van der Waals surface area contributed by atoms with Crippen molar-refractivity contribution >= 4 is 27.4 Å². The number of carbonyl (C=O) groups is 1. The minimum atomic E-state index is -0.462. The molecular weight excluding hydrogens is 279 g/mol. The van der Waals surface area contributed by atoms with Crippen LogP contribution < -0.4 is 0 Å². The van der Waals surface area contributed by atoms with Crippen molar-refractivity contribution in [2.45, 2.75) is 6.92 Å². The van der Waals surface area contributed by atoms with Crippen molar-refractivity contribution in [3.8, 4) is 0 Å². The van der Waals surface area contributed by atoms with Crippen LogP contribution in [0.5, 0.6) is 0 Å². The molecule has 0 atom stereocenters. The van der Waals surface area contributed by atoms with E-state index in [9.17, 15) is 9.18 Å². The number of halogens is 2. The smallest absolute Gasteiger partial charge is 0.341 e. The summed E-state index contributed by atoms with van der Waals surface area (Å²) in [5.74, 6) is -0.901. The van der Waals surface area contributed by atoms with Gasteiger partial charge in [-0.25, -0.2) is 13.7 Å². The first-order valence-electron chi connectivity index (χ1n) is 4.64. The molecule has 2 rings (SSSR count). The van der Waals surface area contributed by atoms with Crippen LogP contribution in [0.3, 0.4) is 0 Å². The van der Waals surface area contributed by atoms with Crippen molar-refractivity contribution in [1.29, 1.82) is 0 Å². The molecule has 2 heterocycles. The molecule has 0 aliphatic carbocycles. The van der Waals surface area contributed by atoms with Crippen LogP contribution in [-0.4, -0.2) is 22.2 Å². The molecular formula is C10H8BrFN2O2. The normalized spacial score (nSPS) is 10.7. The van der Waals surface area contributed by atoms with Gasteiger partial charge in [-0.2, -0.15) is 5.10 Å².